The van der Waals surface area contributed by atoms with E-state index in [1.54, 1.807) is 0 Å². The Hall–Kier alpha value is -0.760. The van der Waals surface area contributed by atoms with Gasteiger partial charge in [0.2, 0.25) is 0 Å². The van der Waals surface area contributed by atoms with Crippen LogP contribution in [0.15, 0.2) is 4.42 Å². The molecule has 1 N–H and O–H groups in total. The molecular weight excluding hydrogens is 176 g/mol. The molecule has 1 rings (SSSR count). The summed E-state index contributed by atoms with van der Waals surface area (Å²) in [6.45, 7) is 10.1. The molecule has 0 bridgehead atoms. The summed E-state index contributed by atoms with van der Waals surface area (Å²) in [7, 11) is 0. The minimum Gasteiger partial charge on any atom is -0.466 e. The number of aliphatic hydroxyl groups excluding tert-OH is 1. The van der Waals surface area contributed by atoms with Crippen LogP contribution < -0.4 is 0 Å². The molecule has 1 aromatic rings. The third-order valence-electron chi connectivity index (χ3n) is 2.65. The highest BCUT2D eigenvalue weighted by Gasteiger charge is 2.19. The van der Waals surface area contributed by atoms with E-state index in [-0.39, 0.29) is 6.10 Å². The van der Waals surface area contributed by atoms with Crippen LogP contribution in [0.1, 0.15) is 49.0 Å². The zero-order valence-electron chi connectivity index (χ0n) is 9.72. The molecule has 0 radical (unpaired) electrons. The summed E-state index contributed by atoms with van der Waals surface area (Å²) in [5.74, 6) is 2.27. The Morgan fingerprint density at radius 1 is 1.14 bits per heavy atom. The van der Waals surface area contributed by atoms with Crippen molar-refractivity contribution in [2.75, 3.05) is 0 Å². The fourth-order valence-electron chi connectivity index (χ4n) is 1.86. The maximum atomic E-state index is 10.0. The Morgan fingerprint density at radius 3 is 2.07 bits per heavy atom. The first-order valence-electron chi connectivity index (χ1n) is 5.18. The molecule has 14 heavy (non-hydrogen) atoms. The van der Waals surface area contributed by atoms with Gasteiger partial charge in [0.05, 0.1) is 6.10 Å². The van der Waals surface area contributed by atoms with Gasteiger partial charge in [-0.05, 0) is 38.7 Å². The Bertz CT molecular complexity index is 310. The van der Waals surface area contributed by atoms with E-state index >= 15 is 0 Å². The van der Waals surface area contributed by atoms with Gasteiger partial charge in [0.1, 0.15) is 11.5 Å². The maximum absolute atomic E-state index is 10.0. The van der Waals surface area contributed by atoms with Gasteiger partial charge in [-0.2, -0.15) is 0 Å². The summed E-state index contributed by atoms with van der Waals surface area (Å²) in [4.78, 5) is 0. The molecule has 0 aliphatic heterocycles. The van der Waals surface area contributed by atoms with Crippen molar-refractivity contribution in [3.63, 3.8) is 0 Å². The summed E-state index contributed by atoms with van der Waals surface area (Å²) in [6.07, 6.45) is 0.410. The first kappa shape index (κ1) is 11.3. The highest BCUT2D eigenvalue weighted by Crippen LogP contribution is 2.30. The van der Waals surface area contributed by atoms with Crippen LogP contribution >= 0.6 is 0 Å². The van der Waals surface area contributed by atoms with Crippen molar-refractivity contribution < 1.29 is 9.52 Å². The van der Waals surface area contributed by atoms with Gasteiger partial charge in [0.15, 0.2) is 0 Å². The van der Waals surface area contributed by atoms with Gasteiger partial charge in [-0.1, -0.05) is 13.8 Å². The lowest BCUT2D eigenvalue weighted by atomic mass is 9.97. The standard InChI is InChI=1S/C12H20O2/c1-7(2)6-11(13)12-8(3)9(4)14-10(12)5/h7,11,13H,6H2,1-5H3. The molecule has 80 valence electrons. The molecule has 1 atom stereocenters. The second-order valence-corrected chi connectivity index (χ2v) is 4.40. The third-order valence-corrected chi connectivity index (χ3v) is 2.65. The summed E-state index contributed by atoms with van der Waals surface area (Å²) in [5.41, 5.74) is 2.08. The van der Waals surface area contributed by atoms with Crippen LogP contribution in [0, 0.1) is 26.7 Å². The molecule has 0 aliphatic rings. The van der Waals surface area contributed by atoms with Crippen molar-refractivity contribution in [1.29, 1.82) is 0 Å². The molecule has 0 aliphatic carbocycles. The van der Waals surface area contributed by atoms with Crippen molar-refractivity contribution in [1.82, 2.24) is 0 Å². The third kappa shape index (κ3) is 2.18. The summed E-state index contributed by atoms with van der Waals surface area (Å²) < 4.78 is 5.49. The van der Waals surface area contributed by atoms with E-state index in [4.69, 9.17) is 4.42 Å². The van der Waals surface area contributed by atoms with E-state index in [0.29, 0.717) is 5.92 Å². The monoisotopic (exact) mass is 196 g/mol. The van der Waals surface area contributed by atoms with E-state index in [1.807, 2.05) is 20.8 Å². The van der Waals surface area contributed by atoms with Crippen molar-refractivity contribution >= 4 is 0 Å². The fraction of sp³-hybridized carbons (Fsp3) is 0.667. The average molecular weight is 196 g/mol. The first-order chi connectivity index (χ1) is 6.43. The van der Waals surface area contributed by atoms with Gasteiger partial charge in [-0.3, -0.25) is 0 Å². The zero-order chi connectivity index (χ0) is 10.9. The molecule has 0 aromatic carbocycles. The van der Waals surface area contributed by atoms with Crippen LogP contribution in [0.3, 0.4) is 0 Å². The lowest BCUT2D eigenvalue weighted by Gasteiger charge is -2.13. The minimum atomic E-state index is -0.382. The van der Waals surface area contributed by atoms with Crippen molar-refractivity contribution in [2.45, 2.75) is 47.1 Å². The van der Waals surface area contributed by atoms with E-state index < -0.39 is 0 Å². The van der Waals surface area contributed by atoms with Crippen LogP contribution in [-0.2, 0) is 0 Å². The van der Waals surface area contributed by atoms with Gasteiger partial charge in [-0.25, -0.2) is 0 Å². The number of furan rings is 1. The molecule has 1 heterocycles. The topological polar surface area (TPSA) is 33.4 Å². The molecule has 0 fully saturated rings. The Labute approximate surface area is 85.9 Å². The van der Waals surface area contributed by atoms with Gasteiger partial charge in [0, 0.05) is 5.56 Å². The van der Waals surface area contributed by atoms with E-state index in [2.05, 4.69) is 13.8 Å². The second kappa shape index (κ2) is 4.18. The molecule has 0 saturated carbocycles. The van der Waals surface area contributed by atoms with Crippen LogP contribution in [0.25, 0.3) is 0 Å². The normalized spacial score (nSPS) is 13.6. The van der Waals surface area contributed by atoms with Crippen molar-refractivity contribution in [3.8, 4) is 0 Å². The Morgan fingerprint density at radius 2 is 1.71 bits per heavy atom. The Kier molecular flexibility index (Phi) is 3.38. The lowest BCUT2D eigenvalue weighted by molar-refractivity contribution is 0.148. The predicted molar refractivity (Wildman–Crippen MR) is 57.3 cm³/mol. The van der Waals surface area contributed by atoms with E-state index in [9.17, 15) is 5.11 Å². The molecule has 0 spiro atoms. The van der Waals surface area contributed by atoms with Gasteiger partial charge >= 0.3 is 0 Å². The van der Waals surface area contributed by atoms with Crippen molar-refractivity contribution in [2.24, 2.45) is 5.92 Å². The second-order valence-electron chi connectivity index (χ2n) is 4.40. The molecule has 2 heteroatoms. The number of rotatable bonds is 3. The van der Waals surface area contributed by atoms with E-state index in [1.165, 1.54) is 0 Å². The largest absolute Gasteiger partial charge is 0.466 e. The summed E-state index contributed by atoms with van der Waals surface area (Å²) in [5, 5.41) is 10.0. The molecule has 2 nitrogen and oxygen atoms in total. The van der Waals surface area contributed by atoms with E-state index in [0.717, 1.165) is 29.1 Å². The van der Waals surface area contributed by atoms with Crippen LogP contribution in [-0.4, -0.2) is 5.11 Å². The molecule has 1 unspecified atom stereocenters. The lowest BCUT2D eigenvalue weighted by Crippen LogP contribution is -2.03. The number of aryl methyl sites for hydroxylation is 2. The fourth-order valence-corrected chi connectivity index (χ4v) is 1.86. The predicted octanol–water partition coefficient (Wildman–Crippen LogP) is 3.28. The first-order valence-corrected chi connectivity index (χ1v) is 5.18. The van der Waals surface area contributed by atoms with Gasteiger partial charge in [0.25, 0.3) is 0 Å². The quantitative estimate of drug-likeness (QED) is 0.804. The summed E-state index contributed by atoms with van der Waals surface area (Å²) >= 11 is 0. The molecular formula is C12H20O2. The smallest absolute Gasteiger partial charge is 0.107 e. The SMILES string of the molecule is Cc1oc(C)c(C(O)CC(C)C)c1C. The van der Waals surface area contributed by atoms with Gasteiger partial charge in [-0.15, -0.1) is 0 Å². The van der Waals surface area contributed by atoms with Crippen molar-refractivity contribution in [3.05, 3.63) is 22.6 Å². The average Bonchev–Trinajstić information content (AvgIpc) is 2.25. The maximum Gasteiger partial charge on any atom is 0.107 e. The Balaban J connectivity index is 2.94. The summed E-state index contributed by atoms with van der Waals surface area (Å²) in [6, 6.07) is 0. The van der Waals surface area contributed by atoms with Crippen LogP contribution in [0.2, 0.25) is 0 Å². The minimum absolute atomic E-state index is 0.382. The zero-order valence-corrected chi connectivity index (χ0v) is 9.72. The number of aliphatic hydroxyl groups is 1. The highest BCUT2D eigenvalue weighted by atomic mass is 16.3. The molecule has 0 saturated heterocycles. The highest BCUT2D eigenvalue weighted by molar-refractivity contribution is 5.33. The number of hydrogen-bond acceptors (Lipinski definition) is 2. The van der Waals surface area contributed by atoms with Gasteiger partial charge < -0.3 is 9.52 Å². The molecule has 1 aromatic heterocycles. The number of hydrogen-bond donors (Lipinski definition) is 1. The molecule has 0 amide bonds. The van der Waals surface area contributed by atoms with Crippen LogP contribution in [0.4, 0.5) is 0 Å². The van der Waals surface area contributed by atoms with Crippen LogP contribution in [0.5, 0.6) is 0 Å².